The van der Waals surface area contributed by atoms with E-state index in [1.165, 1.54) is 27.4 Å². The van der Waals surface area contributed by atoms with Crippen LogP contribution in [0.15, 0.2) is 29.2 Å². The van der Waals surface area contributed by atoms with Gasteiger partial charge in [0.2, 0.25) is 10.0 Å². The van der Waals surface area contributed by atoms with Crippen LogP contribution in [-0.4, -0.2) is 60.8 Å². The first kappa shape index (κ1) is 22.1. The van der Waals surface area contributed by atoms with Crippen LogP contribution >= 0.6 is 0 Å². The summed E-state index contributed by atoms with van der Waals surface area (Å²) >= 11 is 0. The van der Waals surface area contributed by atoms with E-state index in [1.807, 2.05) is 13.8 Å². The van der Waals surface area contributed by atoms with Crippen LogP contribution in [0.4, 0.5) is 0 Å². The molecule has 8 heteroatoms. The molecule has 0 saturated heterocycles. The number of amides is 1. The molecule has 0 bridgehead atoms. The lowest BCUT2D eigenvalue weighted by molar-refractivity contribution is -0.137. The molecule has 0 fully saturated rings. The van der Waals surface area contributed by atoms with Gasteiger partial charge in [0.05, 0.1) is 11.3 Å². The lowest BCUT2D eigenvalue weighted by Crippen LogP contribution is -2.36. The fourth-order valence-electron chi connectivity index (χ4n) is 2.63. The number of aliphatic carboxylic acids is 1. The number of carbonyl (C=O) groups excluding carboxylic acids is 1. The van der Waals surface area contributed by atoms with Gasteiger partial charge in [0.25, 0.3) is 5.91 Å². The first-order valence-electron chi connectivity index (χ1n) is 8.74. The van der Waals surface area contributed by atoms with E-state index in [1.54, 1.807) is 19.9 Å². The molecule has 1 amide bonds. The molecule has 0 aliphatic rings. The summed E-state index contributed by atoms with van der Waals surface area (Å²) < 4.78 is 26.6. The molecule has 0 heterocycles. The molecule has 0 saturated carbocycles. The Labute approximate surface area is 155 Å². The van der Waals surface area contributed by atoms with Gasteiger partial charge in [-0.2, -0.15) is 4.31 Å². The van der Waals surface area contributed by atoms with E-state index in [4.69, 9.17) is 5.11 Å². The van der Waals surface area contributed by atoms with Crippen molar-refractivity contribution in [2.75, 3.05) is 26.2 Å². The second-order valence-corrected chi connectivity index (χ2v) is 8.34. The van der Waals surface area contributed by atoms with Gasteiger partial charge in [0.1, 0.15) is 0 Å². The fraction of sp³-hybridized carbons (Fsp3) is 0.556. The Bertz CT molecular complexity index is 727. The topological polar surface area (TPSA) is 95.0 Å². The number of benzene rings is 1. The normalized spacial score (nSPS) is 11.8. The van der Waals surface area contributed by atoms with Crippen LogP contribution in [0, 0.1) is 5.92 Å². The molecule has 1 N–H and O–H groups in total. The van der Waals surface area contributed by atoms with Crippen molar-refractivity contribution in [3.05, 3.63) is 29.8 Å². The fourth-order valence-corrected chi connectivity index (χ4v) is 4.14. The molecular formula is C18H28N2O5S. The molecule has 0 spiro atoms. The number of carboxylic acids is 1. The standard InChI is InChI=1S/C18H28N2O5S/c1-5-20(6-2)26(24,25)16-9-7-8-15(12-16)18(23)19(13-14(3)4)11-10-17(21)22/h7-9,12,14H,5-6,10-11,13H2,1-4H3,(H,21,22). The van der Waals surface area contributed by atoms with Gasteiger partial charge in [0.15, 0.2) is 0 Å². The number of sulfonamides is 1. The zero-order chi connectivity index (χ0) is 19.9. The SMILES string of the molecule is CCN(CC)S(=O)(=O)c1cccc(C(=O)N(CCC(=O)O)CC(C)C)c1. The van der Waals surface area contributed by atoms with E-state index in [0.29, 0.717) is 19.6 Å². The van der Waals surface area contributed by atoms with E-state index in [9.17, 15) is 18.0 Å². The second-order valence-electron chi connectivity index (χ2n) is 6.41. The van der Waals surface area contributed by atoms with Crippen molar-refractivity contribution >= 4 is 21.9 Å². The maximum Gasteiger partial charge on any atom is 0.305 e. The van der Waals surface area contributed by atoms with E-state index in [0.717, 1.165) is 0 Å². The molecule has 0 aliphatic carbocycles. The van der Waals surface area contributed by atoms with Gasteiger partial charge in [0, 0.05) is 31.7 Å². The number of carboxylic acid groups (broad SMARTS) is 1. The van der Waals surface area contributed by atoms with Crippen LogP contribution in [0.1, 0.15) is 44.5 Å². The van der Waals surface area contributed by atoms with Gasteiger partial charge in [-0.25, -0.2) is 8.42 Å². The molecule has 1 aromatic carbocycles. The summed E-state index contributed by atoms with van der Waals surface area (Å²) in [7, 11) is -3.66. The third-order valence-corrected chi connectivity index (χ3v) is 5.94. The third kappa shape index (κ3) is 5.81. The summed E-state index contributed by atoms with van der Waals surface area (Å²) in [6.45, 7) is 8.55. The molecule has 26 heavy (non-hydrogen) atoms. The lowest BCUT2D eigenvalue weighted by Gasteiger charge is -2.24. The van der Waals surface area contributed by atoms with Crippen molar-refractivity contribution < 1.29 is 23.1 Å². The molecule has 1 aromatic rings. The van der Waals surface area contributed by atoms with Gasteiger partial charge in [-0.15, -0.1) is 0 Å². The maximum absolute atomic E-state index is 12.8. The van der Waals surface area contributed by atoms with Gasteiger partial charge >= 0.3 is 5.97 Å². The molecule has 0 aromatic heterocycles. The van der Waals surface area contributed by atoms with E-state index >= 15 is 0 Å². The van der Waals surface area contributed by atoms with Crippen molar-refractivity contribution in [3.63, 3.8) is 0 Å². The highest BCUT2D eigenvalue weighted by Gasteiger charge is 2.24. The summed E-state index contributed by atoms with van der Waals surface area (Å²) in [4.78, 5) is 25.2. The van der Waals surface area contributed by atoms with Gasteiger partial charge in [-0.1, -0.05) is 33.8 Å². The van der Waals surface area contributed by atoms with Crippen molar-refractivity contribution in [2.24, 2.45) is 5.92 Å². The minimum absolute atomic E-state index is 0.0646. The van der Waals surface area contributed by atoms with Crippen LogP contribution in [0.3, 0.4) is 0 Å². The van der Waals surface area contributed by atoms with E-state index in [-0.39, 0.29) is 35.2 Å². The van der Waals surface area contributed by atoms with Crippen LogP contribution in [-0.2, 0) is 14.8 Å². The van der Waals surface area contributed by atoms with Gasteiger partial charge < -0.3 is 10.0 Å². The maximum atomic E-state index is 12.8. The monoisotopic (exact) mass is 384 g/mol. The van der Waals surface area contributed by atoms with Crippen LogP contribution < -0.4 is 0 Å². The predicted molar refractivity (Wildman–Crippen MR) is 99.5 cm³/mol. The minimum atomic E-state index is -3.66. The molecule has 146 valence electrons. The molecule has 1 rings (SSSR count). The smallest absolute Gasteiger partial charge is 0.305 e. The Morgan fingerprint density at radius 1 is 1.15 bits per heavy atom. The highest BCUT2D eigenvalue weighted by atomic mass is 32.2. The average molecular weight is 384 g/mol. The molecule has 0 atom stereocenters. The number of rotatable bonds is 10. The number of hydrogen-bond acceptors (Lipinski definition) is 4. The summed E-state index contributed by atoms with van der Waals surface area (Å²) in [5.74, 6) is -1.18. The largest absolute Gasteiger partial charge is 0.481 e. The average Bonchev–Trinajstić information content (AvgIpc) is 2.58. The summed E-state index contributed by atoms with van der Waals surface area (Å²) in [6.07, 6.45) is -0.157. The second kappa shape index (κ2) is 9.68. The van der Waals surface area contributed by atoms with Crippen LogP contribution in [0.25, 0.3) is 0 Å². The van der Waals surface area contributed by atoms with Gasteiger partial charge in [-0.05, 0) is 24.1 Å². The number of hydrogen-bond donors (Lipinski definition) is 1. The zero-order valence-electron chi connectivity index (χ0n) is 15.8. The van der Waals surface area contributed by atoms with Crippen molar-refractivity contribution in [3.8, 4) is 0 Å². The minimum Gasteiger partial charge on any atom is -0.481 e. The summed E-state index contributed by atoms with van der Waals surface area (Å²) in [5.41, 5.74) is 0.240. The quantitative estimate of drug-likeness (QED) is 0.668. The van der Waals surface area contributed by atoms with Crippen molar-refractivity contribution in [1.29, 1.82) is 0 Å². The van der Waals surface area contributed by atoms with Crippen LogP contribution in [0.5, 0.6) is 0 Å². The molecule has 0 unspecified atom stereocenters. The Balaban J connectivity index is 3.17. The molecular weight excluding hydrogens is 356 g/mol. The van der Waals surface area contributed by atoms with Crippen LogP contribution in [0.2, 0.25) is 0 Å². The Morgan fingerprint density at radius 3 is 2.27 bits per heavy atom. The molecule has 7 nitrogen and oxygen atoms in total. The number of nitrogens with zero attached hydrogens (tertiary/aromatic N) is 2. The Morgan fingerprint density at radius 2 is 1.77 bits per heavy atom. The van der Waals surface area contributed by atoms with E-state index < -0.39 is 16.0 Å². The van der Waals surface area contributed by atoms with E-state index in [2.05, 4.69) is 0 Å². The highest BCUT2D eigenvalue weighted by Crippen LogP contribution is 2.18. The van der Waals surface area contributed by atoms with Crippen molar-refractivity contribution in [1.82, 2.24) is 9.21 Å². The lowest BCUT2D eigenvalue weighted by atomic mass is 10.1. The first-order valence-corrected chi connectivity index (χ1v) is 10.2. The summed E-state index contributed by atoms with van der Waals surface area (Å²) in [5, 5.41) is 8.89. The predicted octanol–water partition coefficient (Wildman–Crippen LogP) is 2.29. The van der Waals surface area contributed by atoms with Gasteiger partial charge in [-0.3, -0.25) is 9.59 Å². The number of carbonyl (C=O) groups is 2. The first-order chi connectivity index (χ1) is 12.1. The Hall–Kier alpha value is -1.93. The molecule has 0 aliphatic heterocycles. The molecule has 0 radical (unpaired) electrons. The third-order valence-electron chi connectivity index (χ3n) is 3.89. The zero-order valence-corrected chi connectivity index (χ0v) is 16.6. The van der Waals surface area contributed by atoms with Crippen molar-refractivity contribution in [2.45, 2.75) is 39.0 Å². The summed E-state index contributed by atoms with van der Waals surface area (Å²) in [6, 6.07) is 5.92. The Kier molecular flexibility index (Phi) is 8.23. The highest BCUT2D eigenvalue weighted by molar-refractivity contribution is 7.89.